The van der Waals surface area contributed by atoms with Crippen molar-refractivity contribution in [3.05, 3.63) is 34.6 Å². The van der Waals surface area contributed by atoms with Crippen LogP contribution in [0.2, 0.25) is 5.02 Å². The second kappa shape index (κ2) is 6.50. The number of rotatable bonds is 5. The van der Waals surface area contributed by atoms with E-state index < -0.39 is 0 Å². The van der Waals surface area contributed by atoms with E-state index in [1.165, 1.54) is 31.7 Å². The van der Waals surface area contributed by atoms with Crippen LogP contribution in [0.1, 0.15) is 31.2 Å². The number of hydrogen-bond acceptors (Lipinski definition) is 2. The van der Waals surface area contributed by atoms with Crippen LogP contribution >= 0.6 is 11.6 Å². The minimum atomic E-state index is -0.220. The molecule has 18 heavy (non-hydrogen) atoms. The first-order valence-electron chi connectivity index (χ1n) is 6.59. The van der Waals surface area contributed by atoms with E-state index in [9.17, 15) is 4.39 Å². The van der Waals surface area contributed by atoms with Gasteiger partial charge in [0.05, 0.1) is 0 Å². The summed E-state index contributed by atoms with van der Waals surface area (Å²) < 4.78 is 13.8. The van der Waals surface area contributed by atoms with Gasteiger partial charge in [-0.25, -0.2) is 4.39 Å². The third-order valence-corrected chi connectivity index (χ3v) is 4.03. The van der Waals surface area contributed by atoms with Gasteiger partial charge in [0, 0.05) is 36.3 Å². The van der Waals surface area contributed by atoms with Crippen molar-refractivity contribution in [2.24, 2.45) is 5.73 Å². The molecule has 0 aliphatic heterocycles. The SMILES string of the molecule is NCCN(Cc1c(F)cccc1Cl)C1CCCC1. The van der Waals surface area contributed by atoms with Crippen LogP contribution in [0.4, 0.5) is 4.39 Å². The summed E-state index contributed by atoms with van der Waals surface area (Å²) in [6.45, 7) is 1.96. The van der Waals surface area contributed by atoms with Gasteiger partial charge in [-0.3, -0.25) is 4.90 Å². The van der Waals surface area contributed by atoms with E-state index in [0.29, 0.717) is 29.7 Å². The minimum absolute atomic E-state index is 0.220. The van der Waals surface area contributed by atoms with Crippen LogP contribution in [-0.2, 0) is 6.54 Å². The second-order valence-corrected chi connectivity index (χ2v) is 5.30. The largest absolute Gasteiger partial charge is 0.329 e. The number of nitrogens with zero attached hydrogens (tertiary/aromatic N) is 1. The molecule has 0 heterocycles. The summed E-state index contributed by atoms with van der Waals surface area (Å²) in [5.41, 5.74) is 6.26. The quantitative estimate of drug-likeness (QED) is 0.890. The summed E-state index contributed by atoms with van der Waals surface area (Å²) in [6.07, 6.45) is 4.89. The van der Waals surface area contributed by atoms with Crippen molar-refractivity contribution in [3.8, 4) is 0 Å². The van der Waals surface area contributed by atoms with Crippen LogP contribution in [-0.4, -0.2) is 24.0 Å². The van der Waals surface area contributed by atoms with E-state index >= 15 is 0 Å². The van der Waals surface area contributed by atoms with Gasteiger partial charge >= 0.3 is 0 Å². The molecule has 1 saturated carbocycles. The van der Waals surface area contributed by atoms with Gasteiger partial charge in [0.15, 0.2) is 0 Å². The molecule has 0 bridgehead atoms. The molecule has 0 aromatic heterocycles. The summed E-state index contributed by atoms with van der Waals surface area (Å²) in [5.74, 6) is -0.220. The number of nitrogens with two attached hydrogens (primary N) is 1. The average molecular weight is 271 g/mol. The summed E-state index contributed by atoms with van der Waals surface area (Å²) in [4.78, 5) is 2.28. The Morgan fingerprint density at radius 2 is 2.06 bits per heavy atom. The molecule has 0 unspecified atom stereocenters. The molecule has 1 aliphatic carbocycles. The van der Waals surface area contributed by atoms with Gasteiger partial charge in [-0.1, -0.05) is 30.5 Å². The highest BCUT2D eigenvalue weighted by atomic mass is 35.5. The molecule has 0 atom stereocenters. The Hall–Kier alpha value is -0.640. The van der Waals surface area contributed by atoms with Crippen LogP contribution in [0.25, 0.3) is 0 Å². The molecule has 0 spiro atoms. The fraction of sp³-hybridized carbons (Fsp3) is 0.571. The molecule has 0 amide bonds. The standard InChI is InChI=1S/C14H20ClFN2/c15-13-6-3-7-14(16)12(13)10-18(9-8-17)11-4-1-2-5-11/h3,6-7,11H,1-2,4-5,8-10,17H2. The summed E-state index contributed by atoms with van der Waals surface area (Å²) >= 11 is 6.08. The maximum Gasteiger partial charge on any atom is 0.129 e. The second-order valence-electron chi connectivity index (χ2n) is 4.90. The first-order valence-corrected chi connectivity index (χ1v) is 6.97. The van der Waals surface area contributed by atoms with E-state index in [1.54, 1.807) is 12.1 Å². The van der Waals surface area contributed by atoms with Crippen LogP contribution < -0.4 is 5.73 Å². The van der Waals surface area contributed by atoms with Gasteiger partial charge in [0.2, 0.25) is 0 Å². The van der Waals surface area contributed by atoms with Crippen molar-refractivity contribution in [1.29, 1.82) is 0 Å². The first kappa shape index (κ1) is 13.8. The zero-order valence-corrected chi connectivity index (χ0v) is 11.3. The highest BCUT2D eigenvalue weighted by Crippen LogP contribution is 2.27. The van der Waals surface area contributed by atoms with Crippen molar-refractivity contribution in [1.82, 2.24) is 4.90 Å². The van der Waals surface area contributed by atoms with Crippen molar-refractivity contribution in [3.63, 3.8) is 0 Å². The molecular weight excluding hydrogens is 251 g/mol. The molecule has 1 aliphatic rings. The van der Waals surface area contributed by atoms with Crippen LogP contribution in [0.15, 0.2) is 18.2 Å². The van der Waals surface area contributed by atoms with E-state index in [-0.39, 0.29) is 5.82 Å². The Morgan fingerprint density at radius 1 is 1.33 bits per heavy atom. The van der Waals surface area contributed by atoms with E-state index in [2.05, 4.69) is 4.90 Å². The Morgan fingerprint density at radius 3 is 2.67 bits per heavy atom. The normalized spacial score (nSPS) is 16.7. The Labute approximate surface area is 113 Å². The lowest BCUT2D eigenvalue weighted by molar-refractivity contribution is 0.193. The van der Waals surface area contributed by atoms with Gasteiger partial charge in [-0.2, -0.15) is 0 Å². The zero-order valence-electron chi connectivity index (χ0n) is 10.5. The fourth-order valence-corrected chi connectivity index (χ4v) is 2.94. The summed E-state index contributed by atoms with van der Waals surface area (Å²) in [6, 6.07) is 5.39. The molecule has 1 aromatic carbocycles. The molecule has 2 N–H and O–H groups in total. The maximum atomic E-state index is 13.8. The molecule has 1 aromatic rings. The number of hydrogen-bond donors (Lipinski definition) is 1. The molecule has 4 heteroatoms. The van der Waals surface area contributed by atoms with Gasteiger partial charge < -0.3 is 5.73 Å². The lowest BCUT2D eigenvalue weighted by atomic mass is 10.1. The van der Waals surface area contributed by atoms with Gasteiger partial charge in [0.1, 0.15) is 5.82 Å². The predicted molar refractivity (Wildman–Crippen MR) is 73.1 cm³/mol. The lowest BCUT2D eigenvalue weighted by Gasteiger charge is -2.28. The Bertz CT molecular complexity index is 371. The van der Waals surface area contributed by atoms with Crippen molar-refractivity contribution < 1.29 is 4.39 Å². The monoisotopic (exact) mass is 270 g/mol. The van der Waals surface area contributed by atoms with Crippen molar-refractivity contribution in [2.45, 2.75) is 38.3 Å². The zero-order chi connectivity index (χ0) is 13.0. The molecular formula is C14H20ClFN2. The topological polar surface area (TPSA) is 29.3 Å². The third-order valence-electron chi connectivity index (χ3n) is 3.68. The smallest absolute Gasteiger partial charge is 0.129 e. The highest BCUT2D eigenvalue weighted by molar-refractivity contribution is 6.31. The number of benzene rings is 1. The lowest BCUT2D eigenvalue weighted by Crippen LogP contribution is -2.37. The summed E-state index contributed by atoms with van der Waals surface area (Å²) in [5, 5.41) is 0.509. The highest BCUT2D eigenvalue weighted by Gasteiger charge is 2.23. The number of halogens is 2. The van der Waals surface area contributed by atoms with Gasteiger partial charge in [-0.15, -0.1) is 0 Å². The van der Waals surface area contributed by atoms with Crippen LogP contribution in [0, 0.1) is 5.82 Å². The minimum Gasteiger partial charge on any atom is -0.329 e. The fourth-order valence-electron chi connectivity index (χ4n) is 2.71. The van der Waals surface area contributed by atoms with E-state index in [0.717, 1.165) is 6.54 Å². The van der Waals surface area contributed by atoms with Gasteiger partial charge in [-0.05, 0) is 25.0 Å². The Balaban J connectivity index is 2.12. The molecule has 2 rings (SSSR count). The molecule has 2 nitrogen and oxygen atoms in total. The average Bonchev–Trinajstić information content (AvgIpc) is 2.86. The predicted octanol–water partition coefficient (Wildman–Crippen LogP) is 3.18. The Kier molecular flexibility index (Phi) is 4.98. The van der Waals surface area contributed by atoms with Crippen LogP contribution in [0.5, 0.6) is 0 Å². The molecule has 0 saturated heterocycles. The van der Waals surface area contributed by atoms with E-state index in [4.69, 9.17) is 17.3 Å². The van der Waals surface area contributed by atoms with Gasteiger partial charge in [0.25, 0.3) is 0 Å². The first-order chi connectivity index (χ1) is 8.72. The third kappa shape index (κ3) is 3.22. The molecule has 100 valence electrons. The van der Waals surface area contributed by atoms with Crippen LogP contribution in [0.3, 0.4) is 0 Å². The molecule has 1 fully saturated rings. The van der Waals surface area contributed by atoms with Crippen molar-refractivity contribution in [2.75, 3.05) is 13.1 Å². The summed E-state index contributed by atoms with van der Waals surface area (Å²) in [7, 11) is 0. The van der Waals surface area contributed by atoms with E-state index in [1.807, 2.05) is 0 Å². The molecule has 0 radical (unpaired) electrons. The maximum absolute atomic E-state index is 13.8. The van der Waals surface area contributed by atoms with Crippen molar-refractivity contribution >= 4 is 11.6 Å².